The fourth-order valence-corrected chi connectivity index (χ4v) is 4.17. The van der Waals surface area contributed by atoms with Gasteiger partial charge in [-0.25, -0.2) is 21.2 Å². The molecule has 0 aliphatic heterocycles. The Labute approximate surface area is 143 Å². The number of hydrogen-bond acceptors (Lipinski definition) is 4. The van der Waals surface area contributed by atoms with Crippen LogP contribution in [0.2, 0.25) is 10.0 Å². The van der Waals surface area contributed by atoms with Crippen molar-refractivity contribution in [2.75, 3.05) is 11.0 Å². The Morgan fingerprint density at radius 1 is 1.00 bits per heavy atom. The molecule has 0 unspecified atom stereocenters. The zero-order chi connectivity index (χ0) is 17.4. The normalized spacial score (nSPS) is 12.2. The standard InChI is InChI=1S/C13H10Cl2FNO4S2/c1-22(18,19)9-3-4-10(15)13(7-9)23(20,21)17-12-5-2-8(14)6-11(12)16/h2-7,17H,1H3. The predicted molar refractivity (Wildman–Crippen MR) is 86.8 cm³/mol. The third kappa shape index (κ3) is 4.14. The number of halogens is 3. The van der Waals surface area contributed by atoms with Crippen LogP contribution in [0, 0.1) is 5.82 Å². The van der Waals surface area contributed by atoms with E-state index in [-0.39, 0.29) is 20.6 Å². The molecule has 10 heteroatoms. The third-order valence-corrected chi connectivity index (χ3v) is 5.99. The van der Waals surface area contributed by atoms with E-state index < -0.39 is 30.6 Å². The molecule has 0 aliphatic carbocycles. The van der Waals surface area contributed by atoms with Gasteiger partial charge >= 0.3 is 0 Å². The summed E-state index contributed by atoms with van der Waals surface area (Å²) >= 11 is 11.4. The lowest BCUT2D eigenvalue weighted by molar-refractivity contribution is 0.597. The van der Waals surface area contributed by atoms with Crippen LogP contribution in [0.4, 0.5) is 10.1 Å². The SMILES string of the molecule is CS(=O)(=O)c1ccc(Cl)c(S(=O)(=O)Nc2ccc(Cl)cc2F)c1. The van der Waals surface area contributed by atoms with Gasteiger partial charge in [-0.05, 0) is 36.4 Å². The molecule has 0 radical (unpaired) electrons. The van der Waals surface area contributed by atoms with E-state index in [9.17, 15) is 21.2 Å². The molecule has 0 saturated carbocycles. The van der Waals surface area contributed by atoms with Gasteiger partial charge in [-0.1, -0.05) is 23.2 Å². The second-order valence-corrected chi connectivity index (χ2v) is 9.10. The molecule has 2 aromatic carbocycles. The van der Waals surface area contributed by atoms with Crippen LogP contribution in [-0.4, -0.2) is 23.1 Å². The summed E-state index contributed by atoms with van der Waals surface area (Å²) in [4.78, 5) is -0.699. The van der Waals surface area contributed by atoms with Crippen molar-refractivity contribution in [2.24, 2.45) is 0 Å². The maximum atomic E-state index is 13.7. The van der Waals surface area contributed by atoms with Gasteiger partial charge < -0.3 is 0 Å². The monoisotopic (exact) mass is 397 g/mol. The van der Waals surface area contributed by atoms with Crippen molar-refractivity contribution in [3.05, 3.63) is 52.3 Å². The summed E-state index contributed by atoms with van der Waals surface area (Å²) in [6.07, 6.45) is 0.929. The van der Waals surface area contributed by atoms with Crippen LogP contribution in [0.15, 0.2) is 46.2 Å². The van der Waals surface area contributed by atoms with E-state index >= 15 is 0 Å². The first-order valence-corrected chi connectivity index (χ1v) is 10.1. The molecule has 0 atom stereocenters. The highest BCUT2D eigenvalue weighted by atomic mass is 35.5. The molecular formula is C13H10Cl2FNO4S2. The Morgan fingerprint density at radius 3 is 2.22 bits per heavy atom. The van der Waals surface area contributed by atoms with Crippen molar-refractivity contribution in [1.82, 2.24) is 0 Å². The van der Waals surface area contributed by atoms with Crippen molar-refractivity contribution in [3.63, 3.8) is 0 Å². The van der Waals surface area contributed by atoms with Crippen molar-refractivity contribution < 1.29 is 21.2 Å². The maximum absolute atomic E-state index is 13.7. The van der Waals surface area contributed by atoms with Crippen LogP contribution < -0.4 is 4.72 Å². The summed E-state index contributed by atoms with van der Waals surface area (Å²) in [5.41, 5.74) is -0.338. The highest BCUT2D eigenvalue weighted by Gasteiger charge is 2.22. The largest absolute Gasteiger partial charge is 0.277 e. The summed E-state index contributed by atoms with van der Waals surface area (Å²) in [6, 6.07) is 6.62. The molecule has 2 aromatic rings. The number of hydrogen-bond donors (Lipinski definition) is 1. The Kier molecular flexibility index (Phi) is 4.91. The van der Waals surface area contributed by atoms with E-state index in [0.29, 0.717) is 0 Å². The van der Waals surface area contributed by atoms with E-state index in [0.717, 1.165) is 30.5 Å². The van der Waals surface area contributed by atoms with Crippen LogP contribution in [-0.2, 0) is 19.9 Å². The van der Waals surface area contributed by atoms with Crippen LogP contribution >= 0.6 is 23.2 Å². The predicted octanol–water partition coefficient (Wildman–Crippen LogP) is 3.34. The van der Waals surface area contributed by atoms with Gasteiger partial charge in [-0.2, -0.15) is 0 Å². The molecule has 0 aliphatic rings. The summed E-state index contributed by atoms with van der Waals surface area (Å²) in [7, 11) is -7.92. The Hall–Kier alpha value is -1.35. The molecule has 0 spiro atoms. The van der Waals surface area contributed by atoms with Crippen LogP contribution in [0.3, 0.4) is 0 Å². The Morgan fingerprint density at radius 2 is 1.65 bits per heavy atom. The lowest BCUT2D eigenvalue weighted by Gasteiger charge is -2.11. The van der Waals surface area contributed by atoms with Gasteiger partial charge in [-0.15, -0.1) is 0 Å². The molecule has 0 bridgehead atoms. The highest BCUT2D eigenvalue weighted by Crippen LogP contribution is 2.28. The minimum Gasteiger partial charge on any atom is -0.277 e. The smallest absolute Gasteiger partial charge is 0.263 e. The van der Waals surface area contributed by atoms with Crippen LogP contribution in [0.25, 0.3) is 0 Å². The lowest BCUT2D eigenvalue weighted by atomic mass is 10.3. The summed E-state index contributed by atoms with van der Waals surface area (Å²) in [5.74, 6) is -0.878. The molecule has 23 heavy (non-hydrogen) atoms. The van der Waals surface area contributed by atoms with E-state index in [4.69, 9.17) is 23.2 Å². The zero-order valence-corrected chi connectivity index (χ0v) is 14.7. The van der Waals surface area contributed by atoms with Gasteiger partial charge in [0.1, 0.15) is 10.7 Å². The minimum absolute atomic E-state index is 0.0996. The van der Waals surface area contributed by atoms with Gasteiger partial charge in [0, 0.05) is 11.3 Å². The third-order valence-electron chi connectivity index (χ3n) is 2.80. The molecule has 0 aromatic heterocycles. The zero-order valence-electron chi connectivity index (χ0n) is 11.5. The minimum atomic E-state index is -4.29. The average Bonchev–Trinajstić information content (AvgIpc) is 2.41. The lowest BCUT2D eigenvalue weighted by Crippen LogP contribution is -2.15. The second-order valence-electron chi connectivity index (χ2n) is 4.59. The van der Waals surface area contributed by atoms with Gasteiger partial charge in [0.05, 0.1) is 15.6 Å². The van der Waals surface area contributed by atoms with Gasteiger partial charge in [-0.3, -0.25) is 4.72 Å². The number of anilines is 1. The Bertz CT molecular complexity index is 975. The molecule has 2 rings (SSSR count). The van der Waals surface area contributed by atoms with E-state index in [1.165, 1.54) is 12.1 Å². The average molecular weight is 398 g/mol. The second kappa shape index (κ2) is 6.27. The fraction of sp³-hybridized carbons (Fsp3) is 0.0769. The maximum Gasteiger partial charge on any atom is 0.263 e. The molecule has 0 heterocycles. The van der Waals surface area contributed by atoms with Crippen molar-refractivity contribution in [2.45, 2.75) is 9.79 Å². The van der Waals surface area contributed by atoms with Gasteiger partial charge in [0.2, 0.25) is 0 Å². The van der Waals surface area contributed by atoms with Crippen molar-refractivity contribution in [1.29, 1.82) is 0 Å². The summed E-state index contributed by atoms with van der Waals surface area (Å²) in [6.45, 7) is 0. The van der Waals surface area contributed by atoms with Gasteiger partial charge in [0.15, 0.2) is 9.84 Å². The number of rotatable bonds is 4. The topological polar surface area (TPSA) is 80.3 Å². The molecule has 0 amide bonds. The van der Waals surface area contributed by atoms with E-state index in [1.807, 2.05) is 4.72 Å². The molecule has 0 fully saturated rings. The number of sulfonamides is 1. The van der Waals surface area contributed by atoms with Crippen LogP contribution in [0.1, 0.15) is 0 Å². The van der Waals surface area contributed by atoms with Gasteiger partial charge in [0.25, 0.3) is 10.0 Å². The summed E-state index contributed by atoms with van der Waals surface area (Å²) in [5, 5.41) is -0.0955. The number of sulfone groups is 1. The number of nitrogens with one attached hydrogen (secondary N) is 1. The quantitative estimate of drug-likeness (QED) is 0.857. The first-order chi connectivity index (χ1) is 10.5. The van der Waals surface area contributed by atoms with E-state index in [1.54, 1.807) is 0 Å². The highest BCUT2D eigenvalue weighted by molar-refractivity contribution is 7.93. The van der Waals surface area contributed by atoms with E-state index in [2.05, 4.69) is 0 Å². The van der Waals surface area contributed by atoms with Crippen LogP contribution in [0.5, 0.6) is 0 Å². The first-order valence-electron chi connectivity index (χ1n) is 5.98. The first kappa shape index (κ1) is 18.0. The molecular weight excluding hydrogens is 388 g/mol. The fourth-order valence-electron chi connectivity index (χ4n) is 1.69. The van der Waals surface area contributed by atoms with Crippen molar-refractivity contribution in [3.8, 4) is 0 Å². The van der Waals surface area contributed by atoms with Crippen molar-refractivity contribution >= 4 is 48.7 Å². The molecule has 124 valence electrons. The Balaban J connectivity index is 2.51. The molecule has 1 N–H and O–H groups in total. The number of benzene rings is 2. The molecule has 0 saturated heterocycles. The molecule has 5 nitrogen and oxygen atoms in total. The summed E-state index contributed by atoms with van der Waals surface area (Å²) < 4.78 is 63.5.